The number of rotatable bonds is 6. The molecule has 2 aromatic carbocycles. The topological polar surface area (TPSA) is 107 Å². The minimum atomic E-state index is -0.358. The summed E-state index contributed by atoms with van der Waals surface area (Å²) >= 11 is 0. The fraction of sp³-hybridized carbons (Fsp3) is 0.200. The number of aromatic nitrogens is 3. The van der Waals surface area contributed by atoms with E-state index < -0.39 is 0 Å². The van der Waals surface area contributed by atoms with Gasteiger partial charge in [0.15, 0.2) is 11.5 Å². The number of hydrogen-bond acceptors (Lipinski definition) is 6. The third-order valence-corrected chi connectivity index (χ3v) is 4.50. The SMILES string of the molecule is C[C@@H](NC(=O)CNC(=O)c1ccc2c(c1)OCO2)c1ccc(-n2cncn2)cc1. The number of fused-ring (bicyclic) bond motifs is 1. The van der Waals surface area contributed by atoms with Crippen molar-refractivity contribution in [1.82, 2.24) is 25.4 Å². The van der Waals surface area contributed by atoms with E-state index in [0.29, 0.717) is 17.1 Å². The lowest BCUT2D eigenvalue weighted by Gasteiger charge is -2.15. The summed E-state index contributed by atoms with van der Waals surface area (Å²) in [5, 5.41) is 9.55. The zero-order valence-electron chi connectivity index (χ0n) is 15.7. The van der Waals surface area contributed by atoms with E-state index in [4.69, 9.17) is 9.47 Å². The minimum Gasteiger partial charge on any atom is -0.454 e. The van der Waals surface area contributed by atoms with E-state index in [2.05, 4.69) is 20.7 Å². The highest BCUT2D eigenvalue weighted by Crippen LogP contribution is 2.32. The molecule has 0 unspecified atom stereocenters. The normalized spacial score (nSPS) is 13.0. The van der Waals surface area contributed by atoms with Gasteiger partial charge < -0.3 is 20.1 Å². The predicted octanol–water partition coefficient (Wildman–Crippen LogP) is 1.60. The van der Waals surface area contributed by atoms with Gasteiger partial charge >= 0.3 is 0 Å². The second-order valence-electron chi connectivity index (χ2n) is 6.47. The first-order chi connectivity index (χ1) is 14.1. The highest BCUT2D eigenvalue weighted by molar-refractivity contribution is 5.97. The summed E-state index contributed by atoms with van der Waals surface area (Å²) in [5.41, 5.74) is 2.21. The molecule has 1 aliphatic rings. The van der Waals surface area contributed by atoms with Gasteiger partial charge in [-0.15, -0.1) is 0 Å². The van der Waals surface area contributed by atoms with Crippen LogP contribution < -0.4 is 20.1 Å². The summed E-state index contributed by atoms with van der Waals surface area (Å²) in [5.74, 6) is 0.475. The van der Waals surface area contributed by atoms with Crippen LogP contribution in [0.4, 0.5) is 0 Å². The Bertz CT molecular complexity index is 1020. The van der Waals surface area contributed by atoms with Crippen molar-refractivity contribution in [3.05, 3.63) is 66.2 Å². The molecule has 3 aromatic rings. The molecule has 1 aromatic heterocycles. The molecule has 1 atom stereocenters. The van der Waals surface area contributed by atoms with Crippen LogP contribution in [0.25, 0.3) is 5.69 Å². The van der Waals surface area contributed by atoms with Crippen molar-refractivity contribution in [1.29, 1.82) is 0 Å². The predicted molar refractivity (Wildman–Crippen MR) is 103 cm³/mol. The molecule has 0 saturated heterocycles. The summed E-state index contributed by atoms with van der Waals surface area (Å²) in [6.07, 6.45) is 3.08. The minimum absolute atomic E-state index is 0.130. The molecule has 2 heterocycles. The molecular formula is C20H19N5O4. The Labute approximate surface area is 166 Å². The fourth-order valence-electron chi connectivity index (χ4n) is 2.93. The van der Waals surface area contributed by atoms with Gasteiger partial charge in [0.25, 0.3) is 5.91 Å². The van der Waals surface area contributed by atoms with Gasteiger partial charge in [-0.1, -0.05) is 12.1 Å². The van der Waals surface area contributed by atoms with E-state index in [1.165, 1.54) is 6.33 Å². The van der Waals surface area contributed by atoms with E-state index in [0.717, 1.165) is 11.3 Å². The first kappa shape index (κ1) is 18.5. The summed E-state index contributed by atoms with van der Waals surface area (Å²) < 4.78 is 12.1. The van der Waals surface area contributed by atoms with Crippen molar-refractivity contribution in [2.45, 2.75) is 13.0 Å². The number of nitrogens with zero attached hydrogens (tertiary/aromatic N) is 3. The second-order valence-corrected chi connectivity index (χ2v) is 6.47. The Morgan fingerprint density at radius 2 is 1.93 bits per heavy atom. The number of carbonyl (C=O) groups excluding carboxylic acids is 2. The maximum absolute atomic E-state index is 12.3. The Balaban J connectivity index is 1.29. The zero-order chi connectivity index (χ0) is 20.2. The van der Waals surface area contributed by atoms with Crippen molar-refractivity contribution < 1.29 is 19.1 Å². The van der Waals surface area contributed by atoms with Crippen molar-refractivity contribution >= 4 is 11.8 Å². The molecule has 4 rings (SSSR count). The van der Waals surface area contributed by atoms with Gasteiger partial charge in [0.2, 0.25) is 12.7 Å². The summed E-state index contributed by atoms with van der Waals surface area (Å²) in [6.45, 7) is 1.89. The van der Waals surface area contributed by atoms with Gasteiger partial charge in [-0.2, -0.15) is 5.10 Å². The Kier molecular flexibility index (Phi) is 5.10. The quantitative estimate of drug-likeness (QED) is 0.659. The van der Waals surface area contributed by atoms with Crippen LogP contribution in [0.3, 0.4) is 0 Å². The van der Waals surface area contributed by atoms with Gasteiger partial charge in [-0.25, -0.2) is 9.67 Å². The van der Waals surface area contributed by atoms with Gasteiger partial charge in [0.1, 0.15) is 12.7 Å². The number of carbonyl (C=O) groups is 2. The number of amides is 2. The molecule has 2 amide bonds. The first-order valence-electron chi connectivity index (χ1n) is 9.02. The number of benzene rings is 2. The molecular weight excluding hydrogens is 374 g/mol. The van der Waals surface area contributed by atoms with Gasteiger partial charge in [-0.3, -0.25) is 9.59 Å². The lowest BCUT2D eigenvalue weighted by atomic mass is 10.1. The molecule has 29 heavy (non-hydrogen) atoms. The monoisotopic (exact) mass is 393 g/mol. The maximum atomic E-state index is 12.3. The average molecular weight is 393 g/mol. The molecule has 0 aliphatic carbocycles. The van der Waals surface area contributed by atoms with Crippen LogP contribution in [-0.4, -0.2) is 39.9 Å². The van der Waals surface area contributed by atoms with Crippen molar-refractivity contribution in [2.75, 3.05) is 13.3 Å². The van der Waals surface area contributed by atoms with Crippen molar-refractivity contribution in [3.8, 4) is 17.2 Å². The molecule has 0 spiro atoms. The van der Waals surface area contributed by atoms with Gasteiger partial charge in [0.05, 0.1) is 18.3 Å². The van der Waals surface area contributed by atoms with E-state index in [1.807, 2.05) is 31.2 Å². The molecule has 0 fully saturated rings. The van der Waals surface area contributed by atoms with Crippen LogP contribution in [0.15, 0.2) is 55.1 Å². The number of ether oxygens (including phenoxy) is 2. The standard InChI is InChI=1S/C20H19N5O4/c1-13(14-2-5-16(6-3-14)25-11-21-10-23-25)24-19(26)9-22-20(27)15-4-7-17-18(8-15)29-12-28-17/h2-8,10-11,13H,9,12H2,1H3,(H,22,27)(H,24,26)/t13-/m1/s1. The lowest BCUT2D eigenvalue weighted by molar-refractivity contribution is -0.120. The first-order valence-corrected chi connectivity index (χ1v) is 9.02. The van der Waals surface area contributed by atoms with Crippen molar-refractivity contribution in [3.63, 3.8) is 0 Å². The van der Waals surface area contributed by atoms with E-state index in [-0.39, 0.29) is 31.2 Å². The molecule has 0 saturated carbocycles. The molecule has 1 aliphatic heterocycles. The largest absolute Gasteiger partial charge is 0.454 e. The number of hydrogen-bond donors (Lipinski definition) is 2. The Morgan fingerprint density at radius 1 is 1.14 bits per heavy atom. The van der Waals surface area contributed by atoms with Crippen LogP contribution in [0, 0.1) is 0 Å². The van der Waals surface area contributed by atoms with Crippen LogP contribution in [0.5, 0.6) is 11.5 Å². The van der Waals surface area contributed by atoms with Crippen LogP contribution >= 0.6 is 0 Å². The summed E-state index contributed by atoms with van der Waals surface area (Å²) in [6, 6.07) is 12.3. The summed E-state index contributed by atoms with van der Waals surface area (Å²) in [4.78, 5) is 28.4. The maximum Gasteiger partial charge on any atom is 0.251 e. The molecule has 0 radical (unpaired) electrons. The third kappa shape index (κ3) is 4.18. The Morgan fingerprint density at radius 3 is 2.69 bits per heavy atom. The Hall–Kier alpha value is -3.88. The molecule has 148 valence electrons. The van der Waals surface area contributed by atoms with Crippen LogP contribution in [0.2, 0.25) is 0 Å². The van der Waals surface area contributed by atoms with Crippen molar-refractivity contribution in [2.24, 2.45) is 0 Å². The third-order valence-electron chi connectivity index (χ3n) is 4.50. The smallest absolute Gasteiger partial charge is 0.251 e. The second kappa shape index (κ2) is 8.01. The molecule has 2 N–H and O–H groups in total. The van der Waals surface area contributed by atoms with E-state index in [9.17, 15) is 9.59 Å². The number of nitrogens with one attached hydrogen (secondary N) is 2. The fourth-order valence-corrected chi connectivity index (χ4v) is 2.93. The van der Waals surface area contributed by atoms with Gasteiger partial charge in [0, 0.05) is 5.56 Å². The highest BCUT2D eigenvalue weighted by atomic mass is 16.7. The van der Waals surface area contributed by atoms with E-state index >= 15 is 0 Å². The molecule has 9 nitrogen and oxygen atoms in total. The zero-order valence-corrected chi connectivity index (χ0v) is 15.7. The summed E-state index contributed by atoms with van der Waals surface area (Å²) in [7, 11) is 0. The molecule has 9 heteroatoms. The highest BCUT2D eigenvalue weighted by Gasteiger charge is 2.17. The lowest BCUT2D eigenvalue weighted by Crippen LogP contribution is -2.38. The van der Waals surface area contributed by atoms with Crippen LogP contribution in [0.1, 0.15) is 28.9 Å². The van der Waals surface area contributed by atoms with Crippen LogP contribution in [-0.2, 0) is 4.79 Å². The average Bonchev–Trinajstić information content (AvgIpc) is 3.43. The van der Waals surface area contributed by atoms with Gasteiger partial charge in [-0.05, 0) is 42.8 Å². The molecule has 0 bridgehead atoms. The van der Waals surface area contributed by atoms with E-state index in [1.54, 1.807) is 29.2 Å².